The van der Waals surface area contributed by atoms with E-state index in [9.17, 15) is 13.2 Å². The number of sulfone groups is 1. The summed E-state index contributed by atoms with van der Waals surface area (Å²) >= 11 is 0. The molecule has 114 valence electrons. The summed E-state index contributed by atoms with van der Waals surface area (Å²) in [5.41, 5.74) is 6.13. The maximum atomic E-state index is 12.5. The van der Waals surface area contributed by atoms with Gasteiger partial charge in [-0.1, -0.05) is 6.07 Å². The number of imidazole rings is 1. The number of carbonyl (C=O) groups excluding carboxylic acids is 1. The molecule has 0 aliphatic heterocycles. The average molecular weight is 310 g/mol. The molecule has 21 heavy (non-hydrogen) atoms. The highest BCUT2D eigenvalue weighted by Crippen LogP contribution is 2.18. The number of likely N-dealkylation sites (N-methyl/N-ethyl adjacent to an activating group) is 1. The lowest BCUT2D eigenvalue weighted by Gasteiger charge is -2.22. The third kappa shape index (κ3) is 2.77. The van der Waals surface area contributed by atoms with Crippen LogP contribution in [0.2, 0.25) is 0 Å². The molecule has 7 nitrogen and oxygen atoms in total. The molecule has 0 bridgehead atoms. The number of hydrogen-bond donors (Lipinski definition) is 1. The van der Waals surface area contributed by atoms with Crippen molar-refractivity contribution in [1.29, 1.82) is 0 Å². The zero-order valence-corrected chi connectivity index (χ0v) is 13.0. The smallest absolute Gasteiger partial charge is 0.274 e. The molecule has 8 heteroatoms. The molecular formula is C13H18N4O3S. The van der Waals surface area contributed by atoms with Crippen LogP contribution in [0.15, 0.2) is 29.6 Å². The number of fused-ring (bicyclic) bond motifs is 1. The van der Waals surface area contributed by atoms with Gasteiger partial charge < -0.3 is 10.6 Å². The summed E-state index contributed by atoms with van der Waals surface area (Å²) in [5, 5.41) is -0.143. The summed E-state index contributed by atoms with van der Waals surface area (Å²) < 4.78 is 25.0. The fourth-order valence-electron chi connectivity index (χ4n) is 1.95. The van der Waals surface area contributed by atoms with Crippen LogP contribution < -0.4 is 5.73 Å². The van der Waals surface area contributed by atoms with Crippen LogP contribution in [0, 0.1) is 0 Å². The second-order valence-corrected chi connectivity index (χ2v) is 6.88. The minimum absolute atomic E-state index is 0.110. The maximum absolute atomic E-state index is 12.5. The number of nitrogens with two attached hydrogens (primary N) is 1. The highest BCUT2D eigenvalue weighted by Gasteiger charge is 2.26. The summed E-state index contributed by atoms with van der Waals surface area (Å²) in [6, 6.07) is 4.91. The molecule has 0 saturated heterocycles. The number of rotatable bonds is 4. The standard InChI is InChI=1S/C13H18N4O3S/c1-9(8-14)16(2)12(18)11-10-6-4-5-7-17(10)13(15-11)21(3,19)20/h4-7,9H,8,14H2,1-3H3. The van der Waals surface area contributed by atoms with E-state index in [1.807, 2.05) is 6.92 Å². The van der Waals surface area contributed by atoms with Gasteiger partial charge in [-0.05, 0) is 19.1 Å². The summed E-state index contributed by atoms with van der Waals surface area (Å²) in [5.74, 6) is -0.355. The number of nitrogens with zero attached hydrogens (tertiary/aromatic N) is 3. The number of pyridine rings is 1. The third-order valence-electron chi connectivity index (χ3n) is 3.37. The highest BCUT2D eigenvalue weighted by molar-refractivity contribution is 7.90. The molecule has 0 spiro atoms. The molecule has 2 rings (SSSR count). The van der Waals surface area contributed by atoms with Gasteiger partial charge in [-0.2, -0.15) is 0 Å². The van der Waals surface area contributed by atoms with Gasteiger partial charge in [-0.25, -0.2) is 13.4 Å². The molecule has 0 aromatic carbocycles. The van der Waals surface area contributed by atoms with Crippen molar-refractivity contribution in [3.05, 3.63) is 30.1 Å². The molecule has 1 amide bonds. The van der Waals surface area contributed by atoms with Crippen LogP contribution in [0.1, 0.15) is 17.4 Å². The topological polar surface area (TPSA) is 97.8 Å². The maximum Gasteiger partial charge on any atom is 0.274 e. The molecule has 0 radical (unpaired) electrons. The van der Waals surface area contributed by atoms with Crippen LogP contribution in [0.25, 0.3) is 5.52 Å². The summed E-state index contributed by atoms with van der Waals surface area (Å²) in [6.45, 7) is 2.13. The van der Waals surface area contributed by atoms with Gasteiger partial charge in [0, 0.05) is 32.1 Å². The molecule has 2 heterocycles. The molecule has 2 aromatic rings. The first-order valence-electron chi connectivity index (χ1n) is 6.41. The Morgan fingerprint density at radius 2 is 2.14 bits per heavy atom. The fourth-order valence-corrected chi connectivity index (χ4v) is 2.73. The molecular weight excluding hydrogens is 292 g/mol. The number of hydrogen-bond acceptors (Lipinski definition) is 5. The van der Waals surface area contributed by atoms with E-state index in [-0.39, 0.29) is 22.8 Å². The van der Waals surface area contributed by atoms with E-state index >= 15 is 0 Å². The van der Waals surface area contributed by atoms with Gasteiger partial charge in [-0.3, -0.25) is 9.20 Å². The van der Waals surface area contributed by atoms with E-state index in [4.69, 9.17) is 5.73 Å². The minimum atomic E-state index is -3.54. The molecule has 0 aliphatic rings. The van der Waals surface area contributed by atoms with E-state index in [1.54, 1.807) is 31.4 Å². The van der Waals surface area contributed by atoms with Crippen molar-refractivity contribution in [3.8, 4) is 0 Å². The lowest BCUT2D eigenvalue weighted by molar-refractivity contribution is 0.0744. The Labute approximate surface area is 123 Å². The Kier molecular flexibility index (Phi) is 4.02. The number of amides is 1. The molecule has 2 aromatic heterocycles. The van der Waals surface area contributed by atoms with Gasteiger partial charge >= 0.3 is 0 Å². The molecule has 1 atom stereocenters. The quantitative estimate of drug-likeness (QED) is 0.867. The van der Waals surface area contributed by atoms with Crippen molar-refractivity contribution < 1.29 is 13.2 Å². The molecule has 2 N–H and O–H groups in total. The first-order valence-corrected chi connectivity index (χ1v) is 8.31. The van der Waals surface area contributed by atoms with E-state index in [0.29, 0.717) is 12.1 Å². The summed E-state index contributed by atoms with van der Waals surface area (Å²) in [7, 11) is -1.92. The summed E-state index contributed by atoms with van der Waals surface area (Å²) in [6.07, 6.45) is 2.64. The number of aromatic nitrogens is 2. The van der Waals surface area contributed by atoms with Crippen molar-refractivity contribution in [2.75, 3.05) is 19.8 Å². The van der Waals surface area contributed by atoms with E-state index < -0.39 is 9.84 Å². The van der Waals surface area contributed by atoms with Crippen molar-refractivity contribution in [3.63, 3.8) is 0 Å². The zero-order chi connectivity index (χ0) is 15.8. The Balaban J connectivity index is 2.63. The van der Waals surface area contributed by atoms with Crippen LogP contribution in [0.3, 0.4) is 0 Å². The third-order valence-corrected chi connectivity index (χ3v) is 4.32. The largest absolute Gasteiger partial charge is 0.336 e. The van der Waals surface area contributed by atoms with Crippen molar-refractivity contribution in [2.45, 2.75) is 18.1 Å². The first-order chi connectivity index (χ1) is 9.77. The predicted octanol–water partition coefficient (Wildman–Crippen LogP) is 0.157. The predicted molar refractivity (Wildman–Crippen MR) is 78.9 cm³/mol. The van der Waals surface area contributed by atoms with E-state index in [2.05, 4.69) is 4.98 Å². The molecule has 0 aliphatic carbocycles. The lowest BCUT2D eigenvalue weighted by Crippen LogP contribution is -2.40. The normalized spacial score (nSPS) is 13.3. The minimum Gasteiger partial charge on any atom is -0.336 e. The van der Waals surface area contributed by atoms with Gasteiger partial charge in [0.15, 0.2) is 5.69 Å². The van der Waals surface area contributed by atoms with Gasteiger partial charge in [0.1, 0.15) is 0 Å². The zero-order valence-electron chi connectivity index (χ0n) is 12.1. The monoisotopic (exact) mass is 310 g/mol. The van der Waals surface area contributed by atoms with Crippen LogP contribution in [-0.4, -0.2) is 54.5 Å². The molecule has 1 unspecified atom stereocenters. The Morgan fingerprint density at radius 1 is 1.48 bits per heavy atom. The van der Waals surface area contributed by atoms with Crippen molar-refractivity contribution in [1.82, 2.24) is 14.3 Å². The SMILES string of the molecule is CC(CN)N(C)C(=O)c1nc(S(C)(=O)=O)n2ccccc12. The van der Waals surface area contributed by atoms with E-state index in [0.717, 1.165) is 6.26 Å². The lowest BCUT2D eigenvalue weighted by atomic mass is 10.2. The van der Waals surface area contributed by atoms with Crippen molar-refractivity contribution in [2.24, 2.45) is 5.73 Å². The second-order valence-electron chi connectivity index (χ2n) is 4.97. The Bertz CT molecular complexity index is 782. The van der Waals surface area contributed by atoms with Crippen molar-refractivity contribution >= 4 is 21.3 Å². The fraction of sp³-hybridized carbons (Fsp3) is 0.385. The van der Waals surface area contributed by atoms with Crippen LogP contribution in [-0.2, 0) is 9.84 Å². The van der Waals surface area contributed by atoms with Gasteiger partial charge in [0.05, 0.1) is 5.52 Å². The highest BCUT2D eigenvalue weighted by atomic mass is 32.2. The van der Waals surface area contributed by atoms with Gasteiger partial charge in [0.25, 0.3) is 5.91 Å². The van der Waals surface area contributed by atoms with Gasteiger partial charge in [-0.15, -0.1) is 0 Å². The van der Waals surface area contributed by atoms with Gasteiger partial charge in [0.2, 0.25) is 15.0 Å². The molecule has 0 fully saturated rings. The Morgan fingerprint density at radius 3 is 2.71 bits per heavy atom. The molecule has 0 saturated carbocycles. The van der Waals surface area contributed by atoms with Crippen LogP contribution in [0.5, 0.6) is 0 Å². The second kappa shape index (κ2) is 5.45. The Hall–Kier alpha value is -1.93. The average Bonchev–Trinajstić information content (AvgIpc) is 2.84. The van der Waals surface area contributed by atoms with Crippen LogP contribution >= 0.6 is 0 Å². The summed E-state index contributed by atoms with van der Waals surface area (Å²) in [4.78, 5) is 18.0. The van der Waals surface area contributed by atoms with E-state index in [1.165, 1.54) is 9.30 Å². The van der Waals surface area contributed by atoms with Crippen LogP contribution in [0.4, 0.5) is 0 Å². The number of carbonyl (C=O) groups is 1. The first kappa shape index (κ1) is 15.5.